The van der Waals surface area contributed by atoms with Crippen LogP contribution >= 0.6 is 11.5 Å². The summed E-state index contributed by atoms with van der Waals surface area (Å²) < 4.78 is 9.44. The smallest absolute Gasteiger partial charge is 0.205 e. The van der Waals surface area contributed by atoms with Gasteiger partial charge in [0, 0.05) is 49.4 Å². The molecule has 0 atom stereocenters. The monoisotopic (exact) mass is 279 g/mol. The third kappa shape index (κ3) is 2.76. The van der Waals surface area contributed by atoms with Gasteiger partial charge in [0.2, 0.25) is 5.13 Å². The Morgan fingerprint density at radius 3 is 3.37 bits per heavy atom. The predicted molar refractivity (Wildman–Crippen MR) is 73.4 cm³/mol. The molecule has 0 saturated carbocycles. The molecular formula is C12H17N5OS. The van der Waals surface area contributed by atoms with E-state index < -0.39 is 0 Å². The lowest BCUT2D eigenvalue weighted by molar-refractivity contribution is 0.201. The predicted octanol–water partition coefficient (Wildman–Crippen LogP) is 1.40. The molecule has 0 fully saturated rings. The fourth-order valence-electron chi connectivity index (χ4n) is 2.25. The minimum absolute atomic E-state index is 0.669. The second-order valence-corrected chi connectivity index (χ2v) is 5.37. The van der Waals surface area contributed by atoms with Gasteiger partial charge in [-0.2, -0.15) is 9.47 Å². The zero-order valence-electron chi connectivity index (χ0n) is 10.9. The Balaban J connectivity index is 1.73. The molecule has 0 unspecified atom stereocenters. The molecule has 0 radical (unpaired) electrons. The van der Waals surface area contributed by atoms with Crippen molar-refractivity contribution in [2.75, 3.05) is 25.2 Å². The molecule has 0 spiro atoms. The SMILES string of the molecule is COCCc1nsc(N2CCCc3[nH]ncc3C2)n1. The molecule has 0 aromatic carbocycles. The molecule has 102 valence electrons. The summed E-state index contributed by atoms with van der Waals surface area (Å²) in [6, 6.07) is 0. The largest absolute Gasteiger partial charge is 0.384 e. The van der Waals surface area contributed by atoms with Crippen LogP contribution in [0.1, 0.15) is 23.5 Å². The summed E-state index contributed by atoms with van der Waals surface area (Å²) in [6.07, 6.45) is 4.86. The Kier molecular flexibility index (Phi) is 3.74. The second-order valence-electron chi connectivity index (χ2n) is 4.63. The number of hydrogen-bond acceptors (Lipinski definition) is 6. The summed E-state index contributed by atoms with van der Waals surface area (Å²) in [6.45, 7) is 2.55. The first-order valence-electron chi connectivity index (χ1n) is 6.44. The van der Waals surface area contributed by atoms with Crippen molar-refractivity contribution in [3.05, 3.63) is 23.3 Å². The lowest BCUT2D eigenvalue weighted by Gasteiger charge is -2.18. The lowest BCUT2D eigenvalue weighted by Crippen LogP contribution is -2.22. The number of aryl methyl sites for hydroxylation is 1. The quantitative estimate of drug-likeness (QED) is 0.916. The van der Waals surface area contributed by atoms with Crippen LogP contribution in [0.3, 0.4) is 0 Å². The summed E-state index contributed by atoms with van der Waals surface area (Å²) in [7, 11) is 1.70. The van der Waals surface area contributed by atoms with Crippen molar-refractivity contribution in [1.82, 2.24) is 19.6 Å². The van der Waals surface area contributed by atoms with Crippen LogP contribution in [0.2, 0.25) is 0 Å². The number of fused-ring (bicyclic) bond motifs is 1. The minimum Gasteiger partial charge on any atom is -0.384 e. The van der Waals surface area contributed by atoms with Crippen LogP contribution in [0.25, 0.3) is 0 Å². The van der Waals surface area contributed by atoms with Gasteiger partial charge in [0.15, 0.2) is 0 Å². The molecule has 1 aliphatic rings. The number of aromatic nitrogens is 4. The first-order chi connectivity index (χ1) is 9.36. The number of anilines is 1. The van der Waals surface area contributed by atoms with E-state index in [1.54, 1.807) is 7.11 Å². The van der Waals surface area contributed by atoms with E-state index in [0.29, 0.717) is 6.61 Å². The fourth-order valence-corrected chi connectivity index (χ4v) is 2.99. The van der Waals surface area contributed by atoms with Crippen LogP contribution in [0.15, 0.2) is 6.20 Å². The highest BCUT2D eigenvalue weighted by Gasteiger charge is 2.19. The maximum absolute atomic E-state index is 5.06. The average molecular weight is 279 g/mol. The van der Waals surface area contributed by atoms with Gasteiger partial charge in [0.25, 0.3) is 0 Å². The molecular weight excluding hydrogens is 262 g/mol. The van der Waals surface area contributed by atoms with Crippen LogP contribution in [-0.4, -0.2) is 39.8 Å². The highest BCUT2D eigenvalue weighted by Crippen LogP contribution is 2.24. The lowest BCUT2D eigenvalue weighted by atomic mass is 10.2. The molecule has 0 aliphatic carbocycles. The zero-order valence-corrected chi connectivity index (χ0v) is 11.7. The van der Waals surface area contributed by atoms with Gasteiger partial charge in [-0.15, -0.1) is 0 Å². The fraction of sp³-hybridized carbons (Fsp3) is 0.583. The maximum Gasteiger partial charge on any atom is 0.205 e. The van der Waals surface area contributed by atoms with E-state index >= 15 is 0 Å². The van der Waals surface area contributed by atoms with E-state index in [9.17, 15) is 0 Å². The van der Waals surface area contributed by atoms with E-state index in [0.717, 1.165) is 43.3 Å². The van der Waals surface area contributed by atoms with Crippen LogP contribution in [0.5, 0.6) is 0 Å². The molecule has 1 aliphatic heterocycles. The maximum atomic E-state index is 5.06. The summed E-state index contributed by atoms with van der Waals surface area (Å²) in [5.41, 5.74) is 2.53. The first-order valence-corrected chi connectivity index (χ1v) is 7.22. The van der Waals surface area contributed by atoms with Crippen molar-refractivity contribution < 1.29 is 4.74 Å². The molecule has 0 saturated heterocycles. The topological polar surface area (TPSA) is 66.9 Å². The third-order valence-electron chi connectivity index (χ3n) is 3.28. The van der Waals surface area contributed by atoms with E-state index in [1.165, 1.54) is 22.8 Å². The van der Waals surface area contributed by atoms with Crippen molar-refractivity contribution >= 4 is 16.7 Å². The highest BCUT2D eigenvalue weighted by atomic mass is 32.1. The first kappa shape index (κ1) is 12.6. The summed E-state index contributed by atoms with van der Waals surface area (Å²) in [5.74, 6) is 0.874. The Morgan fingerprint density at radius 2 is 2.47 bits per heavy atom. The number of ether oxygens (including phenoxy) is 1. The van der Waals surface area contributed by atoms with Gasteiger partial charge in [0.05, 0.1) is 12.8 Å². The molecule has 0 amide bonds. The Labute approximate surface area is 116 Å². The number of rotatable bonds is 4. The number of aromatic amines is 1. The summed E-state index contributed by atoms with van der Waals surface area (Å²) in [5, 5.41) is 8.20. The van der Waals surface area contributed by atoms with Gasteiger partial charge in [-0.25, -0.2) is 4.98 Å². The zero-order chi connectivity index (χ0) is 13.1. The molecule has 2 aromatic rings. The van der Waals surface area contributed by atoms with Gasteiger partial charge in [-0.1, -0.05) is 0 Å². The van der Waals surface area contributed by atoms with Crippen LogP contribution < -0.4 is 4.90 Å². The van der Waals surface area contributed by atoms with E-state index in [1.807, 2.05) is 6.20 Å². The van der Waals surface area contributed by atoms with Crippen molar-refractivity contribution in [3.8, 4) is 0 Å². The van der Waals surface area contributed by atoms with Crippen LogP contribution in [-0.2, 0) is 24.1 Å². The molecule has 7 heteroatoms. The van der Waals surface area contributed by atoms with Gasteiger partial charge in [-0.05, 0) is 12.8 Å². The molecule has 6 nitrogen and oxygen atoms in total. The Hall–Kier alpha value is -1.47. The molecule has 2 aromatic heterocycles. The molecule has 19 heavy (non-hydrogen) atoms. The normalized spacial score (nSPS) is 15.3. The number of hydrogen-bond donors (Lipinski definition) is 1. The standard InChI is InChI=1S/C12H17N5OS/c1-18-6-4-11-14-12(19-16-11)17-5-2-3-10-9(8-17)7-13-15-10/h7H,2-6,8H2,1H3,(H,13,15). The summed E-state index contributed by atoms with van der Waals surface area (Å²) >= 11 is 1.47. The summed E-state index contributed by atoms with van der Waals surface area (Å²) in [4.78, 5) is 6.88. The highest BCUT2D eigenvalue weighted by molar-refractivity contribution is 7.09. The third-order valence-corrected chi connectivity index (χ3v) is 4.10. The van der Waals surface area contributed by atoms with E-state index in [2.05, 4.69) is 24.5 Å². The Morgan fingerprint density at radius 1 is 1.53 bits per heavy atom. The molecule has 3 heterocycles. The minimum atomic E-state index is 0.669. The van der Waals surface area contributed by atoms with Crippen molar-refractivity contribution in [2.45, 2.75) is 25.8 Å². The van der Waals surface area contributed by atoms with Gasteiger partial charge in [-0.3, -0.25) is 5.10 Å². The van der Waals surface area contributed by atoms with Gasteiger partial charge >= 0.3 is 0 Å². The molecule has 3 rings (SSSR count). The Bertz CT molecular complexity index is 538. The number of H-pyrrole nitrogens is 1. The van der Waals surface area contributed by atoms with Gasteiger partial charge < -0.3 is 9.64 Å². The average Bonchev–Trinajstić information content (AvgIpc) is 3.02. The van der Waals surface area contributed by atoms with Crippen molar-refractivity contribution in [3.63, 3.8) is 0 Å². The van der Waals surface area contributed by atoms with E-state index in [4.69, 9.17) is 4.74 Å². The van der Waals surface area contributed by atoms with Gasteiger partial charge in [0.1, 0.15) is 5.82 Å². The number of methoxy groups -OCH3 is 1. The van der Waals surface area contributed by atoms with Crippen LogP contribution in [0.4, 0.5) is 5.13 Å². The van der Waals surface area contributed by atoms with Crippen LogP contribution in [0, 0.1) is 0 Å². The number of nitrogens with zero attached hydrogens (tertiary/aromatic N) is 4. The second kappa shape index (κ2) is 5.66. The number of nitrogens with one attached hydrogen (secondary N) is 1. The van der Waals surface area contributed by atoms with Crippen molar-refractivity contribution in [1.29, 1.82) is 0 Å². The molecule has 1 N–H and O–H groups in total. The van der Waals surface area contributed by atoms with Crippen molar-refractivity contribution in [2.24, 2.45) is 0 Å². The van der Waals surface area contributed by atoms with E-state index in [-0.39, 0.29) is 0 Å². The molecule has 0 bridgehead atoms.